The second kappa shape index (κ2) is 6.78. The van der Waals surface area contributed by atoms with E-state index in [9.17, 15) is 4.79 Å². The molecule has 0 spiro atoms. The average molecular weight is 292 g/mol. The van der Waals surface area contributed by atoms with Gasteiger partial charge in [-0.2, -0.15) is 0 Å². The first-order chi connectivity index (χ1) is 10.0. The summed E-state index contributed by atoms with van der Waals surface area (Å²) in [4.78, 5) is 16.2. The van der Waals surface area contributed by atoms with Gasteiger partial charge in [0.15, 0.2) is 0 Å². The maximum Gasteiger partial charge on any atom is 0.337 e. The zero-order valence-corrected chi connectivity index (χ0v) is 12.9. The summed E-state index contributed by atoms with van der Waals surface area (Å²) in [5.74, 6) is -0.354. The predicted molar refractivity (Wildman–Crippen MR) is 84.6 cm³/mol. The van der Waals surface area contributed by atoms with Crippen LogP contribution in [-0.4, -0.2) is 69.2 Å². The molecule has 21 heavy (non-hydrogen) atoms. The fourth-order valence-electron chi connectivity index (χ4n) is 2.50. The Kier molecular flexibility index (Phi) is 5.03. The first kappa shape index (κ1) is 15.6. The molecule has 116 valence electrons. The molecule has 1 atom stereocenters. The number of nitrogens with zero attached hydrogens (tertiary/aromatic N) is 2. The topological polar surface area (TPSA) is 70.8 Å². The summed E-state index contributed by atoms with van der Waals surface area (Å²) in [5.41, 5.74) is 7.88. The van der Waals surface area contributed by atoms with Crippen molar-refractivity contribution < 1.29 is 9.53 Å². The third-order valence-electron chi connectivity index (χ3n) is 3.98. The molecule has 0 amide bonds. The zero-order valence-electron chi connectivity index (χ0n) is 12.9. The van der Waals surface area contributed by atoms with Crippen LogP contribution in [0.4, 0.5) is 11.4 Å². The van der Waals surface area contributed by atoms with Gasteiger partial charge in [-0.15, -0.1) is 0 Å². The van der Waals surface area contributed by atoms with Gasteiger partial charge in [0.1, 0.15) is 0 Å². The van der Waals surface area contributed by atoms with Gasteiger partial charge in [0.05, 0.1) is 24.0 Å². The van der Waals surface area contributed by atoms with Gasteiger partial charge in [-0.05, 0) is 32.3 Å². The molecule has 1 aromatic rings. The van der Waals surface area contributed by atoms with Crippen LogP contribution < -0.4 is 11.1 Å². The molecule has 0 bridgehead atoms. The minimum Gasteiger partial charge on any atom is -0.465 e. The van der Waals surface area contributed by atoms with Crippen molar-refractivity contribution in [1.82, 2.24) is 9.80 Å². The lowest BCUT2D eigenvalue weighted by atomic mass is 10.1. The molecule has 1 saturated heterocycles. The number of ether oxygens (including phenoxy) is 1. The third kappa shape index (κ3) is 3.86. The van der Waals surface area contributed by atoms with Crippen molar-refractivity contribution in [3.05, 3.63) is 23.8 Å². The molecule has 0 aliphatic carbocycles. The Morgan fingerprint density at radius 3 is 2.90 bits per heavy atom. The molecule has 3 N–H and O–H groups in total. The highest BCUT2D eigenvalue weighted by molar-refractivity contribution is 5.91. The fraction of sp³-hybridized carbons (Fsp3) is 0.533. The molecule has 1 fully saturated rings. The van der Waals surface area contributed by atoms with E-state index in [1.165, 1.54) is 7.11 Å². The molecule has 1 heterocycles. The first-order valence-electron chi connectivity index (χ1n) is 7.11. The van der Waals surface area contributed by atoms with E-state index >= 15 is 0 Å². The zero-order chi connectivity index (χ0) is 15.4. The van der Waals surface area contributed by atoms with E-state index < -0.39 is 0 Å². The van der Waals surface area contributed by atoms with Gasteiger partial charge in [-0.3, -0.25) is 4.90 Å². The van der Waals surface area contributed by atoms with E-state index in [-0.39, 0.29) is 5.97 Å². The third-order valence-corrected chi connectivity index (χ3v) is 3.98. The number of benzene rings is 1. The number of piperazine rings is 1. The SMILES string of the molecule is COC(=O)c1ccc(N)c(NCC2CN(C)CCN2C)c1. The molecule has 2 rings (SSSR count). The summed E-state index contributed by atoms with van der Waals surface area (Å²) in [5, 5.41) is 3.35. The first-order valence-corrected chi connectivity index (χ1v) is 7.11. The summed E-state index contributed by atoms with van der Waals surface area (Å²) in [6, 6.07) is 5.57. The Bertz CT molecular complexity index is 506. The van der Waals surface area contributed by atoms with E-state index in [1.807, 2.05) is 0 Å². The summed E-state index contributed by atoms with van der Waals surface area (Å²) < 4.78 is 4.73. The highest BCUT2D eigenvalue weighted by atomic mass is 16.5. The second-order valence-corrected chi connectivity index (χ2v) is 5.57. The van der Waals surface area contributed by atoms with Crippen LogP contribution in [0.2, 0.25) is 0 Å². The average Bonchev–Trinajstić information content (AvgIpc) is 2.48. The Morgan fingerprint density at radius 1 is 1.43 bits per heavy atom. The number of methoxy groups -OCH3 is 1. The largest absolute Gasteiger partial charge is 0.465 e. The lowest BCUT2D eigenvalue weighted by Crippen LogP contribution is -2.52. The van der Waals surface area contributed by atoms with Gasteiger partial charge in [-0.25, -0.2) is 4.79 Å². The van der Waals surface area contributed by atoms with E-state index in [1.54, 1.807) is 18.2 Å². The monoisotopic (exact) mass is 292 g/mol. The van der Waals surface area contributed by atoms with Crippen LogP contribution in [0.3, 0.4) is 0 Å². The Labute approximate surface area is 125 Å². The van der Waals surface area contributed by atoms with Crippen molar-refractivity contribution >= 4 is 17.3 Å². The van der Waals surface area contributed by atoms with E-state index in [4.69, 9.17) is 10.5 Å². The standard InChI is InChI=1S/C15H24N4O2/c1-18-6-7-19(2)12(10-18)9-17-14-8-11(15(20)21-3)4-5-13(14)16/h4-5,8,12,17H,6-7,9-10,16H2,1-3H3. The molecule has 1 aromatic carbocycles. The van der Waals surface area contributed by atoms with Crippen LogP contribution >= 0.6 is 0 Å². The van der Waals surface area contributed by atoms with Crippen molar-refractivity contribution in [3.63, 3.8) is 0 Å². The molecular formula is C15H24N4O2. The number of nitrogen functional groups attached to an aromatic ring is 1. The molecule has 1 aliphatic heterocycles. The van der Waals surface area contributed by atoms with E-state index in [0.717, 1.165) is 31.9 Å². The Morgan fingerprint density at radius 2 is 2.19 bits per heavy atom. The van der Waals surface area contributed by atoms with E-state index in [2.05, 4.69) is 29.2 Å². The van der Waals surface area contributed by atoms with E-state index in [0.29, 0.717) is 17.3 Å². The Balaban J connectivity index is 2.03. The number of hydrogen-bond donors (Lipinski definition) is 2. The minimum absolute atomic E-state index is 0.354. The van der Waals surface area contributed by atoms with Gasteiger partial charge in [0.2, 0.25) is 0 Å². The second-order valence-electron chi connectivity index (χ2n) is 5.57. The summed E-state index contributed by atoms with van der Waals surface area (Å²) >= 11 is 0. The number of nitrogens with two attached hydrogens (primary N) is 1. The minimum atomic E-state index is -0.354. The summed E-state index contributed by atoms with van der Waals surface area (Å²) in [6.07, 6.45) is 0. The Hall–Kier alpha value is -1.79. The van der Waals surface area contributed by atoms with Crippen molar-refractivity contribution in [2.45, 2.75) is 6.04 Å². The summed E-state index contributed by atoms with van der Waals surface area (Å²) in [6.45, 7) is 3.95. The maximum atomic E-state index is 11.6. The molecule has 0 aromatic heterocycles. The number of nitrogens with one attached hydrogen (secondary N) is 1. The summed E-state index contributed by atoms with van der Waals surface area (Å²) in [7, 11) is 5.64. The molecule has 0 saturated carbocycles. The van der Waals surface area contributed by atoms with Gasteiger partial charge in [0, 0.05) is 32.2 Å². The lowest BCUT2D eigenvalue weighted by Gasteiger charge is -2.38. The van der Waals surface area contributed by atoms with Gasteiger partial charge < -0.3 is 20.7 Å². The van der Waals surface area contributed by atoms with Crippen molar-refractivity contribution in [1.29, 1.82) is 0 Å². The van der Waals surface area contributed by atoms with Crippen LogP contribution in [0.25, 0.3) is 0 Å². The van der Waals surface area contributed by atoms with Gasteiger partial charge >= 0.3 is 5.97 Å². The smallest absolute Gasteiger partial charge is 0.337 e. The number of hydrogen-bond acceptors (Lipinski definition) is 6. The number of carbonyl (C=O) groups excluding carboxylic acids is 1. The maximum absolute atomic E-state index is 11.6. The number of anilines is 2. The van der Waals surface area contributed by atoms with Crippen molar-refractivity contribution in [3.8, 4) is 0 Å². The quantitative estimate of drug-likeness (QED) is 0.629. The molecule has 1 aliphatic rings. The number of likely N-dealkylation sites (N-methyl/N-ethyl adjacent to an activating group) is 2. The van der Waals surface area contributed by atoms with Crippen LogP contribution in [0, 0.1) is 0 Å². The van der Waals surface area contributed by atoms with Crippen molar-refractivity contribution in [2.24, 2.45) is 0 Å². The highest BCUT2D eigenvalue weighted by Gasteiger charge is 2.22. The molecule has 6 nitrogen and oxygen atoms in total. The fourth-order valence-corrected chi connectivity index (χ4v) is 2.50. The normalized spacial score (nSPS) is 20.2. The number of rotatable bonds is 4. The molecule has 1 unspecified atom stereocenters. The number of esters is 1. The van der Waals surface area contributed by atoms with Gasteiger partial charge in [0.25, 0.3) is 0 Å². The molecule has 0 radical (unpaired) electrons. The van der Waals surface area contributed by atoms with Crippen LogP contribution in [0.5, 0.6) is 0 Å². The van der Waals surface area contributed by atoms with Crippen LogP contribution in [-0.2, 0) is 4.74 Å². The number of carbonyl (C=O) groups is 1. The molecule has 6 heteroatoms. The predicted octanol–water partition coefficient (Wildman–Crippen LogP) is 0.713. The van der Waals surface area contributed by atoms with Crippen molar-refractivity contribution in [2.75, 3.05) is 58.4 Å². The highest BCUT2D eigenvalue weighted by Crippen LogP contribution is 2.21. The lowest BCUT2D eigenvalue weighted by molar-refractivity contribution is 0.0601. The van der Waals surface area contributed by atoms with Crippen LogP contribution in [0.1, 0.15) is 10.4 Å². The molecular weight excluding hydrogens is 268 g/mol. The van der Waals surface area contributed by atoms with Gasteiger partial charge in [-0.1, -0.05) is 0 Å². The van der Waals surface area contributed by atoms with Crippen LogP contribution in [0.15, 0.2) is 18.2 Å².